The zero-order valence-electron chi connectivity index (χ0n) is 21.1. The molecule has 0 aromatic heterocycles. The number of carbonyl (C=O) groups is 2. The van der Waals surface area contributed by atoms with E-state index < -0.39 is 6.17 Å². The highest BCUT2D eigenvalue weighted by Crippen LogP contribution is 2.30. The number of hydrogen-bond donors (Lipinski definition) is 2. The van der Waals surface area contributed by atoms with E-state index in [2.05, 4.69) is 62.7 Å². The minimum Gasteiger partial charge on any atom is -0.493 e. The molecule has 0 bridgehead atoms. The summed E-state index contributed by atoms with van der Waals surface area (Å²) in [6.45, 7) is 2.80. The molecule has 0 heterocycles. The van der Waals surface area contributed by atoms with Gasteiger partial charge < -0.3 is 20.1 Å². The number of halogens is 2. The van der Waals surface area contributed by atoms with Crippen molar-refractivity contribution in [3.63, 3.8) is 0 Å². The first-order valence-electron chi connectivity index (χ1n) is 12.3. The topological polar surface area (TPSA) is 76.7 Å². The minimum atomic E-state index is -0.785. The second kappa shape index (κ2) is 15.2. The highest BCUT2D eigenvalue weighted by Gasteiger charge is 2.21. The number of unbranched alkanes of at least 4 members (excludes halogenated alkanes) is 4. The summed E-state index contributed by atoms with van der Waals surface area (Å²) in [6.07, 6.45) is 4.97. The molecule has 0 radical (unpaired) electrons. The van der Waals surface area contributed by atoms with Crippen LogP contribution < -0.4 is 20.1 Å². The van der Waals surface area contributed by atoms with Gasteiger partial charge in [-0.1, -0.05) is 50.8 Å². The van der Waals surface area contributed by atoms with E-state index in [1.807, 2.05) is 36.4 Å². The van der Waals surface area contributed by atoms with E-state index >= 15 is 0 Å². The van der Waals surface area contributed by atoms with Crippen LogP contribution >= 0.6 is 45.2 Å². The number of ether oxygens (including phenoxy) is 2. The average molecular weight is 726 g/mol. The Morgan fingerprint density at radius 2 is 1.38 bits per heavy atom. The summed E-state index contributed by atoms with van der Waals surface area (Å²) in [4.78, 5) is 26.2. The first-order valence-corrected chi connectivity index (χ1v) is 14.5. The van der Waals surface area contributed by atoms with Crippen LogP contribution in [0.2, 0.25) is 0 Å². The van der Waals surface area contributed by atoms with Crippen molar-refractivity contribution in [3.8, 4) is 11.5 Å². The van der Waals surface area contributed by atoms with Gasteiger partial charge in [0.2, 0.25) is 0 Å². The molecule has 0 aliphatic rings. The van der Waals surface area contributed by atoms with E-state index in [9.17, 15) is 9.59 Å². The third-order valence-corrected chi connectivity index (χ3v) is 7.09. The predicted molar refractivity (Wildman–Crippen MR) is 163 cm³/mol. The lowest BCUT2D eigenvalue weighted by Gasteiger charge is -2.22. The van der Waals surface area contributed by atoms with Gasteiger partial charge in [0.25, 0.3) is 11.8 Å². The maximum absolute atomic E-state index is 13.1. The highest BCUT2D eigenvalue weighted by atomic mass is 127. The molecule has 3 aromatic rings. The smallest absolute Gasteiger partial charge is 0.253 e. The molecule has 0 unspecified atom stereocenters. The van der Waals surface area contributed by atoms with Crippen LogP contribution in [-0.2, 0) is 0 Å². The van der Waals surface area contributed by atoms with E-state index in [-0.39, 0.29) is 11.8 Å². The monoisotopic (exact) mass is 726 g/mol. The molecule has 0 aliphatic heterocycles. The molecule has 0 spiro atoms. The quantitative estimate of drug-likeness (QED) is 0.112. The fourth-order valence-electron chi connectivity index (χ4n) is 3.76. The Balaban J connectivity index is 1.81. The molecular formula is C29H32I2N2O4. The Morgan fingerprint density at radius 1 is 0.784 bits per heavy atom. The van der Waals surface area contributed by atoms with Crippen LogP contribution in [0.5, 0.6) is 11.5 Å². The molecule has 6 nitrogen and oxygen atoms in total. The lowest BCUT2D eigenvalue weighted by molar-refractivity contribution is 0.0883. The summed E-state index contributed by atoms with van der Waals surface area (Å²) in [5, 5.41) is 5.92. The van der Waals surface area contributed by atoms with Crippen LogP contribution in [0.3, 0.4) is 0 Å². The van der Waals surface area contributed by atoms with Crippen LogP contribution in [0.1, 0.15) is 71.5 Å². The van der Waals surface area contributed by atoms with Gasteiger partial charge in [0, 0.05) is 18.3 Å². The van der Waals surface area contributed by atoms with Crippen LogP contribution in [0, 0.1) is 7.14 Å². The Morgan fingerprint density at radius 3 is 1.92 bits per heavy atom. The maximum atomic E-state index is 13.1. The van der Waals surface area contributed by atoms with E-state index in [0.717, 1.165) is 20.0 Å². The fraction of sp³-hybridized carbons (Fsp3) is 0.310. The highest BCUT2D eigenvalue weighted by molar-refractivity contribution is 14.1. The van der Waals surface area contributed by atoms with Gasteiger partial charge >= 0.3 is 0 Å². The Bertz CT molecular complexity index is 1140. The zero-order valence-corrected chi connectivity index (χ0v) is 25.4. The molecular weight excluding hydrogens is 694 g/mol. The lowest BCUT2D eigenvalue weighted by Crippen LogP contribution is -2.41. The Kier molecular flexibility index (Phi) is 12.0. The van der Waals surface area contributed by atoms with Crippen molar-refractivity contribution in [3.05, 3.63) is 90.6 Å². The molecule has 0 fully saturated rings. The molecule has 3 rings (SSSR count). The van der Waals surface area contributed by atoms with Gasteiger partial charge in [-0.3, -0.25) is 9.59 Å². The van der Waals surface area contributed by atoms with Gasteiger partial charge in [-0.05, 0) is 106 Å². The molecule has 0 atom stereocenters. The number of nitrogens with one attached hydrogen (secondary N) is 2. The normalized spacial score (nSPS) is 10.7. The number of amides is 2. The van der Waals surface area contributed by atoms with Gasteiger partial charge in [-0.25, -0.2) is 0 Å². The van der Waals surface area contributed by atoms with Crippen molar-refractivity contribution in [1.29, 1.82) is 0 Å². The maximum Gasteiger partial charge on any atom is 0.253 e. The molecule has 2 N–H and O–H groups in total. The summed E-state index contributed by atoms with van der Waals surface area (Å²) in [7, 11) is 1.58. The molecule has 0 aliphatic carbocycles. The summed E-state index contributed by atoms with van der Waals surface area (Å²) in [5.74, 6) is 0.590. The van der Waals surface area contributed by atoms with E-state index in [4.69, 9.17) is 9.47 Å². The summed E-state index contributed by atoms with van der Waals surface area (Å²) in [5.41, 5.74) is 1.69. The number of hydrogen-bond acceptors (Lipinski definition) is 4. The molecule has 0 saturated carbocycles. The summed E-state index contributed by atoms with van der Waals surface area (Å²) < 4.78 is 13.5. The molecule has 3 aromatic carbocycles. The van der Waals surface area contributed by atoms with Crippen LogP contribution in [0.15, 0.2) is 66.7 Å². The van der Waals surface area contributed by atoms with Gasteiger partial charge in [0.1, 0.15) is 6.17 Å². The predicted octanol–water partition coefficient (Wildman–Crippen LogP) is 7.11. The van der Waals surface area contributed by atoms with E-state index in [1.54, 1.807) is 37.4 Å². The van der Waals surface area contributed by atoms with Crippen molar-refractivity contribution in [1.82, 2.24) is 10.6 Å². The van der Waals surface area contributed by atoms with Gasteiger partial charge in [0.05, 0.1) is 13.7 Å². The Labute approximate surface area is 246 Å². The van der Waals surface area contributed by atoms with Crippen molar-refractivity contribution in [2.45, 2.75) is 45.2 Å². The van der Waals surface area contributed by atoms with E-state index in [0.29, 0.717) is 34.8 Å². The van der Waals surface area contributed by atoms with Crippen LogP contribution in [0.25, 0.3) is 0 Å². The minimum absolute atomic E-state index is 0.294. The number of methoxy groups -OCH3 is 1. The number of rotatable bonds is 13. The number of benzene rings is 3. The molecule has 8 heteroatoms. The first kappa shape index (κ1) is 29.2. The van der Waals surface area contributed by atoms with Crippen LogP contribution in [-0.4, -0.2) is 25.5 Å². The fourth-order valence-corrected chi connectivity index (χ4v) is 4.85. The van der Waals surface area contributed by atoms with Gasteiger partial charge in [-0.2, -0.15) is 0 Å². The van der Waals surface area contributed by atoms with Crippen molar-refractivity contribution < 1.29 is 19.1 Å². The zero-order chi connectivity index (χ0) is 26.6. The van der Waals surface area contributed by atoms with Crippen molar-refractivity contribution >= 4 is 57.0 Å². The van der Waals surface area contributed by atoms with Gasteiger partial charge in [0.15, 0.2) is 11.5 Å². The molecule has 196 valence electrons. The SMILES string of the molecule is CCCCCCCOc1ccc(C(NC(=O)c2cccc(I)c2)NC(=O)c2cccc(I)c2)cc1OC. The standard InChI is InChI=1S/C29H32I2N2O4/c1-3-4-5-6-7-16-37-25-15-14-20(19-26(25)36-2)27(32-28(34)21-10-8-12-23(30)17-21)33-29(35)22-11-9-13-24(31)18-22/h8-15,17-19,27H,3-7,16H2,1-2H3,(H,32,34)(H,33,35). The number of carbonyl (C=O) groups excluding carboxylic acids is 2. The summed E-state index contributed by atoms with van der Waals surface area (Å²) >= 11 is 4.33. The second-order valence-corrected chi connectivity index (χ2v) is 11.1. The summed E-state index contributed by atoms with van der Waals surface area (Å²) in [6, 6.07) is 20.0. The van der Waals surface area contributed by atoms with Gasteiger partial charge in [-0.15, -0.1) is 0 Å². The van der Waals surface area contributed by atoms with Crippen LogP contribution in [0.4, 0.5) is 0 Å². The second-order valence-electron chi connectivity index (χ2n) is 8.57. The van der Waals surface area contributed by atoms with Crippen molar-refractivity contribution in [2.75, 3.05) is 13.7 Å². The third-order valence-electron chi connectivity index (χ3n) is 5.75. The largest absolute Gasteiger partial charge is 0.493 e. The lowest BCUT2D eigenvalue weighted by atomic mass is 10.1. The molecule has 0 saturated heterocycles. The molecule has 37 heavy (non-hydrogen) atoms. The van der Waals surface area contributed by atoms with Crippen molar-refractivity contribution in [2.24, 2.45) is 0 Å². The first-order chi connectivity index (χ1) is 17.9. The average Bonchev–Trinajstić information content (AvgIpc) is 2.90. The third kappa shape index (κ3) is 9.17. The molecule has 2 amide bonds. The Hall–Kier alpha value is -2.34. The van der Waals surface area contributed by atoms with E-state index in [1.165, 1.54) is 19.3 Å².